The first-order chi connectivity index (χ1) is 12.5. The normalized spacial score (nSPS) is 16.4. The largest absolute Gasteiger partial charge is 0.333 e. The third-order valence-electron chi connectivity index (χ3n) is 4.31. The van der Waals surface area contributed by atoms with E-state index in [0.29, 0.717) is 24.3 Å². The molecule has 0 unspecified atom stereocenters. The van der Waals surface area contributed by atoms with Gasteiger partial charge in [-0.15, -0.1) is 0 Å². The Balaban J connectivity index is 1.55. The van der Waals surface area contributed by atoms with Gasteiger partial charge in [-0.05, 0) is 29.8 Å². The van der Waals surface area contributed by atoms with Gasteiger partial charge in [-0.3, -0.25) is 14.4 Å². The molecule has 0 bridgehead atoms. The summed E-state index contributed by atoms with van der Waals surface area (Å²) in [5.41, 5.74) is 2.41. The van der Waals surface area contributed by atoms with Crippen molar-refractivity contribution in [1.82, 2.24) is 4.90 Å². The van der Waals surface area contributed by atoms with Crippen molar-refractivity contribution < 1.29 is 14.4 Å². The molecule has 3 amide bonds. The number of benzene rings is 2. The molecule has 0 radical (unpaired) electrons. The molecule has 134 valence electrons. The van der Waals surface area contributed by atoms with Crippen LogP contribution in [0.25, 0.3) is 0 Å². The summed E-state index contributed by atoms with van der Waals surface area (Å²) in [6, 6.07) is 16.7. The summed E-state index contributed by atoms with van der Waals surface area (Å²) in [5, 5.41) is 5.44. The highest BCUT2D eigenvalue weighted by molar-refractivity contribution is 5.95. The van der Waals surface area contributed by atoms with E-state index in [0.717, 1.165) is 5.56 Å². The minimum atomic E-state index is -0.237. The van der Waals surface area contributed by atoms with Crippen LogP contribution in [0, 0.1) is 0 Å². The fourth-order valence-electron chi connectivity index (χ4n) is 3.09. The van der Waals surface area contributed by atoms with Crippen molar-refractivity contribution in [2.24, 2.45) is 0 Å². The molecule has 0 aliphatic carbocycles. The van der Waals surface area contributed by atoms with Gasteiger partial charge >= 0.3 is 0 Å². The van der Waals surface area contributed by atoms with Crippen LogP contribution in [0.1, 0.15) is 24.8 Å². The van der Waals surface area contributed by atoms with Gasteiger partial charge in [0, 0.05) is 37.2 Å². The van der Waals surface area contributed by atoms with E-state index >= 15 is 0 Å². The maximum absolute atomic E-state index is 12.2. The number of likely N-dealkylation sites (tertiary alicyclic amines) is 1. The van der Waals surface area contributed by atoms with Crippen molar-refractivity contribution in [2.45, 2.75) is 19.3 Å². The molecule has 2 aromatic rings. The van der Waals surface area contributed by atoms with Gasteiger partial charge in [-0.1, -0.05) is 30.3 Å². The fourth-order valence-corrected chi connectivity index (χ4v) is 3.09. The average Bonchev–Trinajstić information content (AvgIpc) is 2.97. The van der Waals surface area contributed by atoms with E-state index in [1.165, 1.54) is 6.92 Å². The maximum Gasteiger partial charge on any atom is 0.243 e. The van der Waals surface area contributed by atoms with Crippen LogP contribution in [0.2, 0.25) is 0 Å². The third-order valence-corrected chi connectivity index (χ3v) is 4.31. The molecule has 26 heavy (non-hydrogen) atoms. The van der Waals surface area contributed by atoms with Gasteiger partial charge in [-0.25, -0.2) is 0 Å². The standard InChI is InChI=1S/C20H21N3O3/c1-14(24)21-17-7-9-18(10-8-17)22-19(25)13-23-12-16(11-20(23)26)15-5-3-2-4-6-15/h2-10,16H,11-13H2,1H3,(H,21,24)(H,22,25)/t16-/m0/s1. The van der Waals surface area contributed by atoms with Crippen molar-refractivity contribution in [2.75, 3.05) is 23.7 Å². The second-order valence-corrected chi connectivity index (χ2v) is 6.39. The first-order valence-electron chi connectivity index (χ1n) is 8.51. The van der Waals surface area contributed by atoms with Crippen LogP contribution in [0.4, 0.5) is 11.4 Å². The molecular formula is C20H21N3O3. The van der Waals surface area contributed by atoms with Crippen LogP contribution in [0.5, 0.6) is 0 Å². The Morgan fingerprint density at radius 1 is 1.00 bits per heavy atom. The number of hydrogen-bond acceptors (Lipinski definition) is 3. The van der Waals surface area contributed by atoms with Crippen molar-refractivity contribution in [1.29, 1.82) is 0 Å². The monoisotopic (exact) mass is 351 g/mol. The number of nitrogens with one attached hydrogen (secondary N) is 2. The Morgan fingerprint density at radius 2 is 1.62 bits per heavy atom. The molecule has 2 N–H and O–H groups in total. The lowest BCUT2D eigenvalue weighted by atomic mass is 9.99. The van der Waals surface area contributed by atoms with E-state index in [-0.39, 0.29) is 30.2 Å². The molecule has 6 nitrogen and oxygen atoms in total. The molecule has 1 aliphatic heterocycles. The zero-order valence-electron chi connectivity index (χ0n) is 14.6. The van der Waals surface area contributed by atoms with Gasteiger partial charge in [-0.2, -0.15) is 0 Å². The summed E-state index contributed by atoms with van der Waals surface area (Å²) in [5.74, 6) is -0.259. The zero-order valence-corrected chi connectivity index (χ0v) is 14.6. The smallest absolute Gasteiger partial charge is 0.243 e. The van der Waals surface area contributed by atoms with Gasteiger partial charge in [0.1, 0.15) is 0 Å². The summed E-state index contributed by atoms with van der Waals surface area (Å²) < 4.78 is 0. The number of carbonyl (C=O) groups is 3. The Bertz CT molecular complexity index is 803. The first kappa shape index (κ1) is 17.7. The predicted molar refractivity (Wildman–Crippen MR) is 99.8 cm³/mol. The Labute approximate surface area is 152 Å². The van der Waals surface area contributed by atoms with E-state index in [1.54, 1.807) is 29.2 Å². The predicted octanol–water partition coefficient (Wildman–Crippen LogP) is 2.60. The first-order valence-corrected chi connectivity index (χ1v) is 8.51. The molecule has 1 fully saturated rings. The molecule has 1 saturated heterocycles. The third kappa shape index (κ3) is 4.47. The fraction of sp³-hybridized carbons (Fsp3) is 0.250. The summed E-state index contributed by atoms with van der Waals surface area (Å²) in [6.45, 7) is 2.03. The molecular weight excluding hydrogens is 330 g/mol. The van der Waals surface area contributed by atoms with Crippen LogP contribution >= 0.6 is 0 Å². The number of anilines is 2. The second kappa shape index (κ2) is 7.82. The highest BCUT2D eigenvalue weighted by Gasteiger charge is 2.31. The lowest BCUT2D eigenvalue weighted by molar-refractivity contribution is -0.131. The van der Waals surface area contributed by atoms with E-state index in [9.17, 15) is 14.4 Å². The number of rotatable bonds is 5. The van der Waals surface area contributed by atoms with E-state index in [1.807, 2.05) is 30.3 Å². The summed E-state index contributed by atoms with van der Waals surface area (Å²) >= 11 is 0. The number of carbonyl (C=O) groups excluding carboxylic acids is 3. The van der Waals surface area contributed by atoms with Gasteiger partial charge in [0.05, 0.1) is 6.54 Å². The van der Waals surface area contributed by atoms with Gasteiger partial charge < -0.3 is 15.5 Å². The number of nitrogens with zero attached hydrogens (tertiary/aromatic N) is 1. The molecule has 1 heterocycles. The molecule has 0 saturated carbocycles. The van der Waals surface area contributed by atoms with Crippen LogP contribution in [0.15, 0.2) is 54.6 Å². The summed E-state index contributed by atoms with van der Waals surface area (Å²) in [7, 11) is 0. The van der Waals surface area contributed by atoms with Gasteiger partial charge in [0.25, 0.3) is 0 Å². The number of hydrogen-bond donors (Lipinski definition) is 2. The molecule has 0 spiro atoms. The molecule has 1 atom stereocenters. The Kier molecular flexibility index (Phi) is 5.31. The zero-order chi connectivity index (χ0) is 18.5. The van der Waals surface area contributed by atoms with Crippen LogP contribution < -0.4 is 10.6 Å². The second-order valence-electron chi connectivity index (χ2n) is 6.39. The SMILES string of the molecule is CC(=O)Nc1ccc(NC(=O)CN2C[C@@H](c3ccccc3)CC2=O)cc1. The molecule has 0 aromatic heterocycles. The highest BCUT2D eigenvalue weighted by atomic mass is 16.2. The molecule has 2 aromatic carbocycles. The topological polar surface area (TPSA) is 78.5 Å². The lowest BCUT2D eigenvalue weighted by Gasteiger charge is -2.16. The van der Waals surface area contributed by atoms with Crippen LogP contribution in [-0.4, -0.2) is 35.7 Å². The van der Waals surface area contributed by atoms with E-state index < -0.39 is 0 Å². The van der Waals surface area contributed by atoms with Crippen molar-refractivity contribution in [3.8, 4) is 0 Å². The minimum absolute atomic E-state index is 0.00462. The van der Waals surface area contributed by atoms with Gasteiger partial charge in [0.2, 0.25) is 17.7 Å². The minimum Gasteiger partial charge on any atom is -0.333 e. The van der Waals surface area contributed by atoms with E-state index in [2.05, 4.69) is 10.6 Å². The van der Waals surface area contributed by atoms with Crippen molar-refractivity contribution in [3.63, 3.8) is 0 Å². The average molecular weight is 351 g/mol. The highest BCUT2D eigenvalue weighted by Crippen LogP contribution is 2.27. The Morgan fingerprint density at radius 3 is 2.23 bits per heavy atom. The van der Waals surface area contributed by atoms with Crippen molar-refractivity contribution in [3.05, 3.63) is 60.2 Å². The van der Waals surface area contributed by atoms with E-state index in [4.69, 9.17) is 0 Å². The quantitative estimate of drug-likeness (QED) is 0.869. The lowest BCUT2D eigenvalue weighted by Crippen LogP contribution is -2.34. The Hall–Kier alpha value is -3.15. The molecule has 6 heteroatoms. The van der Waals surface area contributed by atoms with Crippen LogP contribution in [0.3, 0.4) is 0 Å². The summed E-state index contributed by atoms with van der Waals surface area (Å²) in [6.07, 6.45) is 0.433. The van der Waals surface area contributed by atoms with Crippen molar-refractivity contribution >= 4 is 29.1 Å². The molecule has 1 aliphatic rings. The summed E-state index contributed by atoms with van der Waals surface area (Å²) in [4.78, 5) is 37.1. The molecule has 3 rings (SSSR count). The van der Waals surface area contributed by atoms with Gasteiger partial charge in [0.15, 0.2) is 0 Å². The maximum atomic E-state index is 12.2. The number of amides is 3. The van der Waals surface area contributed by atoms with Crippen LogP contribution in [-0.2, 0) is 14.4 Å².